The Morgan fingerprint density at radius 3 is 2.48 bits per heavy atom. The van der Waals surface area contributed by atoms with Crippen LogP contribution in [0.4, 0.5) is 11.4 Å². The third kappa shape index (κ3) is 4.57. The lowest BCUT2D eigenvalue weighted by atomic mass is 10.1. The van der Waals surface area contributed by atoms with Gasteiger partial charge in [-0.3, -0.25) is 9.59 Å². The summed E-state index contributed by atoms with van der Waals surface area (Å²) in [7, 11) is -3.06. The lowest BCUT2D eigenvalue weighted by Gasteiger charge is -2.26. The summed E-state index contributed by atoms with van der Waals surface area (Å²) in [4.78, 5) is 29.3. The molecule has 3 fully saturated rings. The van der Waals surface area contributed by atoms with Crippen LogP contribution >= 0.6 is 0 Å². The van der Waals surface area contributed by atoms with Crippen LogP contribution in [0.1, 0.15) is 38.5 Å². The number of nitrogens with one attached hydrogen (secondary N) is 1. The molecular weight excluding hydrogens is 390 g/mol. The summed E-state index contributed by atoms with van der Waals surface area (Å²) >= 11 is 0. The molecule has 1 aromatic rings. The van der Waals surface area contributed by atoms with Gasteiger partial charge in [0.2, 0.25) is 11.8 Å². The molecule has 0 aromatic heterocycles. The van der Waals surface area contributed by atoms with E-state index in [1.807, 2.05) is 24.3 Å². The van der Waals surface area contributed by atoms with Gasteiger partial charge in [-0.25, -0.2) is 8.42 Å². The van der Waals surface area contributed by atoms with Crippen LogP contribution in [0, 0.1) is 5.92 Å². The molecule has 0 saturated carbocycles. The lowest BCUT2D eigenvalue weighted by Crippen LogP contribution is -2.38. The van der Waals surface area contributed by atoms with Gasteiger partial charge in [-0.2, -0.15) is 0 Å². The number of likely N-dealkylation sites (tertiary alicyclic amines) is 1. The third-order valence-corrected chi connectivity index (χ3v) is 8.04. The summed E-state index contributed by atoms with van der Waals surface area (Å²) in [6.07, 6.45) is 5.40. The van der Waals surface area contributed by atoms with Gasteiger partial charge in [-0.05, 0) is 31.4 Å². The van der Waals surface area contributed by atoms with E-state index in [1.165, 1.54) is 12.8 Å². The van der Waals surface area contributed by atoms with Crippen LogP contribution in [-0.2, 0) is 19.4 Å². The molecule has 4 rings (SSSR count). The fraction of sp³-hybridized carbons (Fsp3) is 0.619. The summed E-state index contributed by atoms with van der Waals surface area (Å²) in [5.74, 6) is -0.577. The summed E-state index contributed by atoms with van der Waals surface area (Å²) in [6.45, 7) is 2.27. The number of nitrogens with zero attached hydrogens (tertiary/aromatic N) is 2. The van der Waals surface area contributed by atoms with Crippen LogP contribution in [-0.4, -0.2) is 62.3 Å². The van der Waals surface area contributed by atoms with Crippen LogP contribution in [0.5, 0.6) is 0 Å². The van der Waals surface area contributed by atoms with Gasteiger partial charge in [0.15, 0.2) is 9.84 Å². The Balaban J connectivity index is 1.43. The first-order chi connectivity index (χ1) is 13.9. The highest BCUT2D eigenvalue weighted by atomic mass is 32.2. The Morgan fingerprint density at radius 1 is 1.07 bits per heavy atom. The van der Waals surface area contributed by atoms with E-state index in [0.29, 0.717) is 13.0 Å². The fourth-order valence-corrected chi connectivity index (χ4v) is 6.41. The molecule has 3 heterocycles. The largest absolute Gasteiger partial charge is 0.370 e. The van der Waals surface area contributed by atoms with E-state index in [-0.39, 0.29) is 35.8 Å². The van der Waals surface area contributed by atoms with Gasteiger partial charge in [0, 0.05) is 32.1 Å². The maximum Gasteiger partial charge on any atom is 0.229 e. The zero-order valence-electron chi connectivity index (χ0n) is 16.7. The average molecular weight is 420 g/mol. The number of sulfone groups is 1. The number of carbonyl (C=O) groups excluding carboxylic acids is 2. The van der Waals surface area contributed by atoms with E-state index >= 15 is 0 Å². The van der Waals surface area contributed by atoms with Crippen molar-refractivity contribution in [3.63, 3.8) is 0 Å². The van der Waals surface area contributed by atoms with Crippen LogP contribution < -0.4 is 10.2 Å². The third-order valence-electron chi connectivity index (χ3n) is 6.29. The van der Waals surface area contributed by atoms with Crippen molar-refractivity contribution in [3.05, 3.63) is 24.3 Å². The molecule has 1 aromatic carbocycles. The monoisotopic (exact) mass is 419 g/mol. The molecule has 3 aliphatic rings. The molecule has 1 N–H and O–H groups in total. The molecule has 29 heavy (non-hydrogen) atoms. The van der Waals surface area contributed by atoms with E-state index in [4.69, 9.17) is 0 Å². The zero-order valence-corrected chi connectivity index (χ0v) is 17.5. The van der Waals surface area contributed by atoms with Crippen LogP contribution in [0.25, 0.3) is 0 Å². The minimum Gasteiger partial charge on any atom is -0.370 e. The average Bonchev–Trinajstić information content (AvgIpc) is 3.12. The van der Waals surface area contributed by atoms with Crippen molar-refractivity contribution >= 4 is 33.0 Å². The smallest absolute Gasteiger partial charge is 0.229 e. The van der Waals surface area contributed by atoms with Crippen molar-refractivity contribution in [2.45, 2.75) is 44.6 Å². The standard InChI is InChI=1S/C21H29N3O4S/c25-20-13-16(14-24(20)17-9-12-29(27,28)15-17)21(26)22-18-7-3-4-8-19(18)23-10-5-1-2-6-11-23/h3-4,7-8,16-17H,1-2,5-6,9-15H2,(H,22,26)/t16-,17-/m0/s1. The van der Waals surface area contributed by atoms with Crippen LogP contribution in [0.2, 0.25) is 0 Å². The van der Waals surface area contributed by atoms with E-state index in [2.05, 4.69) is 10.2 Å². The normalized spacial score (nSPS) is 27.1. The number of anilines is 2. The maximum absolute atomic E-state index is 12.9. The molecule has 8 heteroatoms. The first-order valence-corrected chi connectivity index (χ1v) is 12.4. The maximum atomic E-state index is 12.9. The summed E-state index contributed by atoms with van der Waals surface area (Å²) < 4.78 is 23.5. The quantitative estimate of drug-likeness (QED) is 0.807. The van der Waals surface area contributed by atoms with E-state index in [1.54, 1.807) is 4.90 Å². The molecule has 3 aliphatic heterocycles. The van der Waals surface area contributed by atoms with E-state index in [9.17, 15) is 18.0 Å². The highest BCUT2D eigenvalue weighted by molar-refractivity contribution is 7.91. The Labute approximate surface area is 172 Å². The second-order valence-electron chi connectivity index (χ2n) is 8.41. The minimum atomic E-state index is -3.06. The van der Waals surface area contributed by atoms with Gasteiger partial charge in [-0.15, -0.1) is 0 Å². The Hall–Kier alpha value is -2.09. The highest BCUT2D eigenvalue weighted by Crippen LogP contribution is 2.30. The van der Waals surface area contributed by atoms with Gasteiger partial charge in [0.25, 0.3) is 0 Å². The number of rotatable bonds is 4. The highest BCUT2D eigenvalue weighted by Gasteiger charge is 2.42. The molecule has 0 aliphatic carbocycles. The molecule has 2 amide bonds. The Kier molecular flexibility index (Phi) is 5.81. The van der Waals surface area contributed by atoms with Crippen LogP contribution in [0.15, 0.2) is 24.3 Å². The number of hydrogen-bond donors (Lipinski definition) is 1. The molecule has 7 nitrogen and oxygen atoms in total. The Bertz CT molecular complexity index is 878. The van der Waals surface area contributed by atoms with Crippen molar-refractivity contribution in [1.82, 2.24) is 4.90 Å². The first-order valence-electron chi connectivity index (χ1n) is 10.6. The molecule has 0 spiro atoms. The molecule has 0 unspecified atom stereocenters. The van der Waals surface area contributed by atoms with Crippen molar-refractivity contribution in [2.24, 2.45) is 5.92 Å². The molecule has 0 radical (unpaired) electrons. The molecular formula is C21H29N3O4S. The molecule has 0 bridgehead atoms. The minimum absolute atomic E-state index is 0.0187. The van der Waals surface area contributed by atoms with Crippen molar-refractivity contribution in [1.29, 1.82) is 0 Å². The number of benzene rings is 1. The molecule has 2 atom stereocenters. The van der Waals surface area contributed by atoms with Crippen molar-refractivity contribution < 1.29 is 18.0 Å². The van der Waals surface area contributed by atoms with Crippen molar-refractivity contribution in [2.75, 3.05) is 41.4 Å². The van der Waals surface area contributed by atoms with Crippen molar-refractivity contribution in [3.8, 4) is 0 Å². The number of para-hydroxylation sites is 2. The predicted octanol–water partition coefficient (Wildman–Crippen LogP) is 2.04. The number of carbonyl (C=O) groups is 2. The number of hydrogen-bond acceptors (Lipinski definition) is 5. The van der Waals surface area contributed by atoms with Gasteiger partial charge < -0.3 is 15.1 Å². The van der Waals surface area contributed by atoms with E-state index < -0.39 is 15.8 Å². The van der Waals surface area contributed by atoms with Gasteiger partial charge >= 0.3 is 0 Å². The second kappa shape index (κ2) is 8.34. The van der Waals surface area contributed by atoms with Gasteiger partial charge in [0.1, 0.15) is 0 Å². The first kappa shape index (κ1) is 20.2. The second-order valence-corrected chi connectivity index (χ2v) is 10.6. The van der Waals surface area contributed by atoms with E-state index in [0.717, 1.165) is 37.3 Å². The topological polar surface area (TPSA) is 86.8 Å². The lowest BCUT2D eigenvalue weighted by molar-refractivity contribution is -0.129. The fourth-order valence-electron chi connectivity index (χ4n) is 4.68. The van der Waals surface area contributed by atoms with Gasteiger partial charge in [0.05, 0.1) is 28.8 Å². The summed E-state index contributed by atoms with van der Waals surface area (Å²) in [5.41, 5.74) is 1.82. The summed E-state index contributed by atoms with van der Waals surface area (Å²) in [5, 5.41) is 3.04. The molecule has 158 valence electrons. The Morgan fingerprint density at radius 2 is 1.79 bits per heavy atom. The number of amides is 2. The molecule has 3 saturated heterocycles. The predicted molar refractivity (Wildman–Crippen MR) is 113 cm³/mol. The van der Waals surface area contributed by atoms with Gasteiger partial charge in [-0.1, -0.05) is 25.0 Å². The summed E-state index contributed by atoms with van der Waals surface area (Å²) in [6, 6.07) is 7.56. The SMILES string of the molecule is O=C(Nc1ccccc1N1CCCCCC1)[C@H]1CC(=O)N([C@H]2CCS(=O)(=O)C2)C1. The van der Waals surface area contributed by atoms with Crippen LogP contribution in [0.3, 0.4) is 0 Å². The zero-order chi connectivity index (χ0) is 20.4.